The molecule has 1 rings (SSSR count). The first-order chi connectivity index (χ1) is 4.17. The number of quaternary nitrogens is 1. The van der Waals surface area contributed by atoms with E-state index in [0.29, 0.717) is 4.48 Å². The van der Waals surface area contributed by atoms with Gasteiger partial charge in [0.1, 0.15) is 6.20 Å². The molecule has 0 amide bonds. The van der Waals surface area contributed by atoms with Crippen LogP contribution < -0.4 is 0 Å². The van der Waals surface area contributed by atoms with Gasteiger partial charge in [-0.15, -0.1) is 0 Å². The van der Waals surface area contributed by atoms with Crippen molar-refractivity contribution in [1.82, 2.24) is 0 Å². The molecule has 0 aromatic heterocycles. The fraction of sp³-hybridized carbons (Fsp3) is 0.286. The molecule has 0 aromatic carbocycles. The van der Waals surface area contributed by atoms with Crippen LogP contribution in [0, 0.1) is 0 Å². The molecule has 0 bridgehead atoms. The summed E-state index contributed by atoms with van der Waals surface area (Å²) in [6.07, 6.45) is 5.59. The number of rotatable bonds is 1. The number of hydrogen-bond donors (Lipinski definition) is 0. The van der Waals surface area contributed by atoms with Crippen LogP contribution in [0.15, 0.2) is 30.0 Å². The second kappa shape index (κ2) is 1.81. The van der Waals surface area contributed by atoms with Crippen molar-refractivity contribution in [3.8, 4) is 0 Å². The van der Waals surface area contributed by atoms with Crippen LogP contribution >= 0.6 is 0 Å². The van der Waals surface area contributed by atoms with E-state index in [-0.39, 0.29) is 0 Å². The zero-order chi connectivity index (χ0) is 6.91. The average molecular weight is 123 g/mol. The molecule has 2 nitrogen and oxygen atoms in total. The van der Waals surface area contributed by atoms with Gasteiger partial charge >= 0.3 is 0 Å². The number of nitrogens with zero attached hydrogens (tertiary/aromatic N) is 2. The van der Waals surface area contributed by atoms with E-state index in [1.165, 1.54) is 0 Å². The second-order valence-electron chi connectivity index (χ2n) is 2.53. The highest BCUT2D eigenvalue weighted by molar-refractivity contribution is 5.88. The van der Waals surface area contributed by atoms with Crippen LogP contribution in [-0.4, -0.2) is 24.4 Å². The van der Waals surface area contributed by atoms with Gasteiger partial charge in [-0.05, 0) is 0 Å². The topological polar surface area (TPSA) is 12.4 Å². The predicted molar refractivity (Wildman–Crippen MR) is 38.9 cm³/mol. The number of likely N-dealkylation sites (N-methyl/N-ethyl adjacent to an activating group) is 1. The molecule has 1 aliphatic heterocycles. The lowest BCUT2D eigenvalue weighted by atomic mass is 10.4. The third-order valence-electron chi connectivity index (χ3n) is 1.42. The Morgan fingerprint density at radius 1 is 1.67 bits per heavy atom. The van der Waals surface area contributed by atoms with Crippen molar-refractivity contribution in [1.29, 1.82) is 0 Å². The van der Waals surface area contributed by atoms with E-state index in [2.05, 4.69) is 25.7 Å². The summed E-state index contributed by atoms with van der Waals surface area (Å²) < 4.78 is 0.712. The quantitative estimate of drug-likeness (QED) is 0.463. The fourth-order valence-corrected chi connectivity index (χ4v) is 0.790. The van der Waals surface area contributed by atoms with Crippen molar-refractivity contribution in [3.05, 3.63) is 25.1 Å². The molecule has 2 heteroatoms. The van der Waals surface area contributed by atoms with Gasteiger partial charge < -0.3 is 0 Å². The van der Waals surface area contributed by atoms with Crippen molar-refractivity contribution in [2.45, 2.75) is 0 Å². The average Bonchev–Trinajstić information content (AvgIpc) is 2.08. The van der Waals surface area contributed by atoms with Crippen molar-refractivity contribution >= 4 is 5.84 Å². The van der Waals surface area contributed by atoms with Crippen LogP contribution in [0.3, 0.4) is 0 Å². The maximum Gasteiger partial charge on any atom is 0.231 e. The minimum Gasteiger partial charge on any atom is -0.252 e. The molecular weight excluding hydrogens is 112 g/mol. The predicted octanol–water partition coefficient (Wildman–Crippen LogP) is 1.13. The van der Waals surface area contributed by atoms with Gasteiger partial charge in [-0.3, -0.25) is 4.48 Å². The molecule has 1 aliphatic rings. The molecule has 0 aromatic rings. The highest BCUT2D eigenvalue weighted by atomic mass is 15.4. The lowest BCUT2D eigenvalue weighted by Crippen LogP contribution is -2.36. The normalized spacial score (nSPS) is 21.8. The number of aliphatic imine (C=N–C) groups is 1. The van der Waals surface area contributed by atoms with Crippen molar-refractivity contribution < 1.29 is 4.48 Å². The van der Waals surface area contributed by atoms with Gasteiger partial charge in [0, 0.05) is 6.08 Å². The van der Waals surface area contributed by atoms with E-state index in [1.807, 2.05) is 6.20 Å². The van der Waals surface area contributed by atoms with Gasteiger partial charge in [0.25, 0.3) is 0 Å². The highest BCUT2D eigenvalue weighted by Crippen LogP contribution is 2.09. The molecule has 0 aliphatic carbocycles. The van der Waals surface area contributed by atoms with E-state index in [4.69, 9.17) is 0 Å². The van der Waals surface area contributed by atoms with E-state index >= 15 is 0 Å². The van der Waals surface area contributed by atoms with Gasteiger partial charge in [-0.2, -0.15) is 4.99 Å². The van der Waals surface area contributed by atoms with Gasteiger partial charge in [-0.25, -0.2) is 0 Å². The van der Waals surface area contributed by atoms with Gasteiger partial charge in [-0.1, -0.05) is 6.58 Å². The number of hydrogen-bond acceptors (Lipinski definition) is 1. The number of amidine groups is 1. The molecule has 0 spiro atoms. The summed E-state index contributed by atoms with van der Waals surface area (Å²) in [6, 6.07) is 0. The van der Waals surface area contributed by atoms with E-state index < -0.39 is 0 Å². The molecule has 1 heterocycles. The van der Waals surface area contributed by atoms with E-state index in [9.17, 15) is 0 Å². The Morgan fingerprint density at radius 3 is 2.56 bits per heavy atom. The smallest absolute Gasteiger partial charge is 0.231 e. The second-order valence-corrected chi connectivity index (χ2v) is 2.53. The summed E-state index contributed by atoms with van der Waals surface area (Å²) in [5.41, 5.74) is 0. The maximum atomic E-state index is 4.10. The molecule has 0 N–H and O–H groups in total. The van der Waals surface area contributed by atoms with E-state index in [0.717, 1.165) is 5.84 Å². The van der Waals surface area contributed by atoms with Gasteiger partial charge in [0.2, 0.25) is 5.84 Å². The summed E-state index contributed by atoms with van der Waals surface area (Å²) in [4.78, 5) is 4.10. The van der Waals surface area contributed by atoms with Crippen LogP contribution in [0.1, 0.15) is 0 Å². The first-order valence-corrected chi connectivity index (χ1v) is 2.89. The lowest BCUT2D eigenvalue weighted by Gasteiger charge is -2.18. The zero-order valence-electron chi connectivity index (χ0n) is 5.83. The Morgan fingerprint density at radius 2 is 2.33 bits per heavy atom. The summed E-state index contributed by atoms with van der Waals surface area (Å²) in [6.45, 7) is 3.65. The SMILES string of the molecule is C=CC1=NC=C[N+]1(C)C. The molecule has 0 atom stereocenters. The van der Waals surface area contributed by atoms with Crippen LogP contribution in [0.25, 0.3) is 0 Å². The molecule has 0 saturated heterocycles. The summed E-state index contributed by atoms with van der Waals surface area (Å²) in [5.74, 6) is 0.995. The lowest BCUT2D eigenvalue weighted by molar-refractivity contribution is -0.738. The van der Waals surface area contributed by atoms with Crippen LogP contribution in [0.5, 0.6) is 0 Å². The van der Waals surface area contributed by atoms with Crippen LogP contribution in [0.2, 0.25) is 0 Å². The molecule has 0 fully saturated rings. The monoisotopic (exact) mass is 123 g/mol. The van der Waals surface area contributed by atoms with Crippen molar-refractivity contribution in [2.24, 2.45) is 4.99 Å². The zero-order valence-corrected chi connectivity index (χ0v) is 5.83. The minimum atomic E-state index is 0.712. The molecular formula is C7H11N2+. The first-order valence-electron chi connectivity index (χ1n) is 2.89. The standard InChI is InChI=1S/C7H11N2/c1-4-7-8-5-6-9(7,2)3/h4-6H,1H2,2-3H3/q+1. The highest BCUT2D eigenvalue weighted by Gasteiger charge is 2.21. The molecule has 48 valence electrons. The Balaban J connectivity index is 2.91. The Labute approximate surface area is 55.4 Å². The Bertz CT molecular complexity index is 187. The van der Waals surface area contributed by atoms with E-state index in [1.54, 1.807) is 12.3 Å². The fourth-order valence-electron chi connectivity index (χ4n) is 0.790. The third kappa shape index (κ3) is 0.933. The van der Waals surface area contributed by atoms with Crippen molar-refractivity contribution in [2.75, 3.05) is 14.1 Å². The maximum absolute atomic E-state index is 4.10. The molecule has 0 unspecified atom stereocenters. The minimum absolute atomic E-state index is 0.712. The largest absolute Gasteiger partial charge is 0.252 e. The summed E-state index contributed by atoms with van der Waals surface area (Å²) >= 11 is 0. The van der Waals surface area contributed by atoms with Crippen LogP contribution in [0.4, 0.5) is 0 Å². The molecule has 9 heavy (non-hydrogen) atoms. The van der Waals surface area contributed by atoms with Gasteiger partial charge in [0.05, 0.1) is 20.3 Å². The summed E-state index contributed by atoms with van der Waals surface area (Å²) in [5, 5.41) is 0. The molecule has 0 saturated carbocycles. The summed E-state index contributed by atoms with van der Waals surface area (Å²) in [7, 11) is 4.12. The van der Waals surface area contributed by atoms with Gasteiger partial charge in [0.15, 0.2) is 0 Å². The Hall–Kier alpha value is -0.890. The Kier molecular flexibility index (Phi) is 1.25. The van der Waals surface area contributed by atoms with Crippen LogP contribution in [-0.2, 0) is 0 Å². The first kappa shape index (κ1) is 6.23. The third-order valence-corrected chi connectivity index (χ3v) is 1.42. The van der Waals surface area contributed by atoms with Crippen molar-refractivity contribution in [3.63, 3.8) is 0 Å². The molecule has 0 radical (unpaired) electrons.